The zero-order valence-electron chi connectivity index (χ0n) is 11.1. The summed E-state index contributed by atoms with van der Waals surface area (Å²) in [4.78, 5) is 25.0. The number of rotatable bonds is 0. The lowest BCUT2D eigenvalue weighted by Gasteiger charge is -2.28. The Hall–Kier alpha value is -1.30. The number of halogens is 3. The van der Waals surface area contributed by atoms with Gasteiger partial charge in [-0.1, -0.05) is 29.3 Å². The van der Waals surface area contributed by atoms with Crippen LogP contribution < -0.4 is 10.9 Å². The smallest absolute Gasteiger partial charge is 0.271 e. The molecule has 2 aromatic rings. The highest BCUT2D eigenvalue weighted by molar-refractivity contribution is 9.10. The van der Waals surface area contributed by atoms with Crippen LogP contribution in [0.1, 0.15) is 28.0 Å². The van der Waals surface area contributed by atoms with Gasteiger partial charge in [0.15, 0.2) is 0 Å². The summed E-state index contributed by atoms with van der Waals surface area (Å²) in [6, 6.07) is 7.01. The van der Waals surface area contributed by atoms with Crippen LogP contribution in [0.2, 0.25) is 10.0 Å². The van der Waals surface area contributed by atoms with Crippen molar-refractivity contribution in [1.82, 2.24) is 9.88 Å². The van der Waals surface area contributed by atoms with Crippen molar-refractivity contribution in [3.8, 4) is 0 Å². The van der Waals surface area contributed by atoms with Crippen LogP contribution in [0.25, 0.3) is 0 Å². The molecule has 2 heterocycles. The van der Waals surface area contributed by atoms with E-state index in [0.717, 1.165) is 17.5 Å². The largest absolute Gasteiger partial charge is 0.324 e. The third-order valence-electron chi connectivity index (χ3n) is 4.30. The number of carbonyl (C=O) groups excluding carboxylic acids is 1. The van der Waals surface area contributed by atoms with Crippen LogP contribution in [0.4, 0.5) is 0 Å². The van der Waals surface area contributed by atoms with Crippen molar-refractivity contribution in [3.05, 3.63) is 66.0 Å². The standard InChI is InChI=1S/C15H9BrCl2N2O2/c16-10-6-11(18)12-13(21)19-15(20(12)14(10)22)4-3-7-1-2-8(17)5-9(7)15/h1-2,5-6H,3-4H2,(H,19,21). The van der Waals surface area contributed by atoms with Crippen molar-refractivity contribution in [2.45, 2.75) is 18.5 Å². The fourth-order valence-corrected chi connectivity index (χ4v) is 4.39. The van der Waals surface area contributed by atoms with Crippen LogP contribution in [0.5, 0.6) is 0 Å². The zero-order chi connectivity index (χ0) is 15.6. The molecule has 1 N–H and O–H groups in total. The molecule has 1 atom stereocenters. The number of hydrogen-bond acceptors (Lipinski definition) is 2. The molecule has 2 aliphatic rings. The molecule has 1 unspecified atom stereocenters. The summed E-state index contributed by atoms with van der Waals surface area (Å²) in [6.07, 6.45) is 1.34. The molecule has 1 aliphatic heterocycles. The summed E-state index contributed by atoms with van der Waals surface area (Å²) in [6.45, 7) is 0. The highest BCUT2D eigenvalue weighted by atomic mass is 79.9. The zero-order valence-corrected chi connectivity index (χ0v) is 14.2. The van der Waals surface area contributed by atoms with Crippen LogP contribution in [0.3, 0.4) is 0 Å². The van der Waals surface area contributed by atoms with Crippen LogP contribution in [-0.4, -0.2) is 10.5 Å². The van der Waals surface area contributed by atoms with Gasteiger partial charge in [-0.05, 0) is 52.5 Å². The van der Waals surface area contributed by atoms with E-state index in [0.29, 0.717) is 15.9 Å². The number of nitrogens with zero attached hydrogens (tertiary/aromatic N) is 1. The topological polar surface area (TPSA) is 51.1 Å². The molecule has 0 fully saturated rings. The molecule has 112 valence electrons. The van der Waals surface area contributed by atoms with E-state index < -0.39 is 5.66 Å². The Balaban J connectivity index is 2.10. The summed E-state index contributed by atoms with van der Waals surface area (Å²) in [5, 5.41) is 3.76. The van der Waals surface area contributed by atoms with Crippen LogP contribution in [0, 0.1) is 0 Å². The number of pyridine rings is 1. The lowest BCUT2D eigenvalue weighted by Crippen LogP contribution is -2.46. The minimum atomic E-state index is -0.906. The predicted molar refractivity (Wildman–Crippen MR) is 87.7 cm³/mol. The number of carbonyl (C=O) groups is 1. The lowest BCUT2D eigenvalue weighted by molar-refractivity contribution is 0.0936. The highest BCUT2D eigenvalue weighted by Crippen LogP contribution is 2.43. The molecule has 1 spiro atoms. The average molecular weight is 400 g/mol. The van der Waals surface area contributed by atoms with Gasteiger partial charge in [-0.3, -0.25) is 14.2 Å². The van der Waals surface area contributed by atoms with Gasteiger partial charge in [0.05, 0.1) is 9.50 Å². The fraction of sp³-hybridized carbons (Fsp3) is 0.200. The Morgan fingerprint density at radius 2 is 2.00 bits per heavy atom. The summed E-state index contributed by atoms with van der Waals surface area (Å²) in [7, 11) is 0. The Labute approximate surface area is 144 Å². The fourth-order valence-electron chi connectivity index (χ4n) is 3.40. The summed E-state index contributed by atoms with van der Waals surface area (Å²) < 4.78 is 1.79. The minimum Gasteiger partial charge on any atom is -0.324 e. The Bertz CT molecular complexity index is 909. The maximum atomic E-state index is 12.6. The average Bonchev–Trinajstić information content (AvgIpc) is 2.96. The normalized spacial score (nSPS) is 21.9. The molecule has 1 aromatic heterocycles. The molecule has 1 amide bonds. The highest BCUT2D eigenvalue weighted by Gasteiger charge is 2.50. The third-order valence-corrected chi connectivity index (χ3v) is 5.39. The van der Waals surface area contributed by atoms with E-state index in [9.17, 15) is 9.59 Å². The Kier molecular flexibility index (Phi) is 2.99. The molecule has 0 bridgehead atoms. The second-order valence-electron chi connectivity index (χ2n) is 5.45. The third kappa shape index (κ3) is 1.70. The predicted octanol–water partition coefficient (Wildman–Crippen LogP) is 3.31. The second kappa shape index (κ2) is 4.60. The number of amides is 1. The van der Waals surface area contributed by atoms with E-state index in [1.54, 1.807) is 6.07 Å². The maximum absolute atomic E-state index is 12.6. The van der Waals surface area contributed by atoms with Gasteiger partial charge in [0.25, 0.3) is 11.5 Å². The molecule has 0 saturated heterocycles. The van der Waals surface area contributed by atoms with Crippen molar-refractivity contribution < 1.29 is 4.79 Å². The van der Waals surface area contributed by atoms with Crippen LogP contribution in [0.15, 0.2) is 33.5 Å². The van der Waals surface area contributed by atoms with Gasteiger partial charge in [-0.2, -0.15) is 0 Å². The maximum Gasteiger partial charge on any atom is 0.271 e. The molecule has 1 aliphatic carbocycles. The molecule has 7 heteroatoms. The van der Waals surface area contributed by atoms with Crippen molar-refractivity contribution in [3.63, 3.8) is 0 Å². The first-order chi connectivity index (χ1) is 10.4. The number of hydrogen-bond donors (Lipinski definition) is 1. The van der Waals surface area contributed by atoms with Crippen LogP contribution in [-0.2, 0) is 12.1 Å². The van der Waals surface area contributed by atoms with Gasteiger partial charge in [0, 0.05) is 10.6 Å². The molecule has 4 nitrogen and oxygen atoms in total. The number of fused-ring (bicyclic) bond motifs is 4. The van der Waals surface area contributed by atoms with Gasteiger partial charge in [-0.15, -0.1) is 0 Å². The summed E-state index contributed by atoms with van der Waals surface area (Å²) >= 11 is 15.5. The van der Waals surface area contributed by atoms with Crippen molar-refractivity contribution in [1.29, 1.82) is 0 Å². The minimum absolute atomic E-state index is 0.197. The van der Waals surface area contributed by atoms with Gasteiger partial charge in [0.2, 0.25) is 0 Å². The first-order valence-corrected chi connectivity index (χ1v) is 8.22. The van der Waals surface area contributed by atoms with Gasteiger partial charge in [0.1, 0.15) is 11.4 Å². The summed E-state index contributed by atoms with van der Waals surface area (Å²) in [5.41, 5.74) is 0.925. The second-order valence-corrected chi connectivity index (χ2v) is 7.14. The molecular weight excluding hydrogens is 391 g/mol. The lowest BCUT2D eigenvalue weighted by atomic mass is 10.0. The van der Waals surface area contributed by atoms with E-state index in [-0.39, 0.29) is 22.2 Å². The van der Waals surface area contributed by atoms with Crippen molar-refractivity contribution in [2.75, 3.05) is 0 Å². The molecule has 0 saturated carbocycles. The van der Waals surface area contributed by atoms with Crippen molar-refractivity contribution in [2.24, 2.45) is 0 Å². The quantitative estimate of drug-likeness (QED) is 0.738. The molecular formula is C15H9BrCl2N2O2. The Morgan fingerprint density at radius 3 is 2.77 bits per heavy atom. The molecule has 4 rings (SSSR count). The van der Waals surface area contributed by atoms with E-state index >= 15 is 0 Å². The van der Waals surface area contributed by atoms with E-state index in [1.165, 1.54) is 10.6 Å². The van der Waals surface area contributed by atoms with Gasteiger partial charge >= 0.3 is 0 Å². The number of nitrogens with one attached hydrogen (secondary N) is 1. The molecule has 1 aromatic carbocycles. The first kappa shape index (κ1) is 14.3. The monoisotopic (exact) mass is 398 g/mol. The molecule has 0 radical (unpaired) electrons. The van der Waals surface area contributed by atoms with Gasteiger partial charge in [-0.25, -0.2) is 0 Å². The Morgan fingerprint density at radius 1 is 1.23 bits per heavy atom. The number of aryl methyl sites for hydroxylation is 1. The van der Waals surface area contributed by atoms with Crippen molar-refractivity contribution >= 4 is 45.0 Å². The SMILES string of the molecule is O=C1NC2(CCc3ccc(Cl)cc32)n2c1c(Cl)cc(Br)c2=O. The first-order valence-electron chi connectivity index (χ1n) is 6.67. The van der Waals surface area contributed by atoms with E-state index in [2.05, 4.69) is 21.2 Å². The number of benzene rings is 1. The number of aromatic nitrogens is 1. The van der Waals surface area contributed by atoms with Crippen LogP contribution >= 0.6 is 39.1 Å². The summed E-state index contributed by atoms with van der Waals surface area (Å²) in [5.74, 6) is -0.345. The van der Waals surface area contributed by atoms with E-state index in [1.807, 2.05) is 12.1 Å². The van der Waals surface area contributed by atoms with Gasteiger partial charge < -0.3 is 5.32 Å². The molecule has 22 heavy (non-hydrogen) atoms. The van der Waals surface area contributed by atoms with E-state index in [4.69, 9.17) is 23.2 Å².